The molecule has 59 valence electrons. The molecule has 0 aromatic carbocycles. The molecule has 1 heterocycles. The standard InChI is InChI=1S/C6H10F2NO/c7-6(8)4-9(5-6)2-1-3-10/h1-5H2. The smallest absolute Gasteiger partial charge is 0.272 e. The lowest BCUT2D eigenvalue weighted by Gasteiger charge is -2.38. The number of rotatable bonds is 3. The van der Waals surface area contributed by atoms with Crippen LogP contribution < -0.4 is 0 Å². The molecule has 0 aromatic rings. The zero-order valence-electron chi connectivity index (χ0n) is 5.65. The van der Waals surface area contributed by atoms with E-state index in [4.69, 9.17) is 0 Å². The second kappa shape index (κ2) is 2.80. The van der Waals surface area contributed by atoms with Crippen LogP contribution in [-0.2, 0) is 5.11 Å². The molecule has 10 heavy (non-hydrogen) atoms. The molecule has 0 spiro atoms. The average molecular weight is 150 g/mol. The van der Waals surface area contributed by atoms with Gasteiger partial charge in [-0.1, -0.05) is 0 Å². The summed E-state index contributed by atoms with van der Waals surface area (Å²) in [5.74, 6) is -2.48. The Bertz CT molecular complexity index is 110. The Morgan fingerprint density at radius 1 is 1.40 bits per heavy atom. The average Bonchev–Trinajstić information content (AvgIpc) is 1.78. The van der Waals surface area contributed by atoms with E-state index in [-0.39, 0.29) is 19.7 Å². The van der Waals surface area contributed by atoms with E-state index in [1.807, 2.05) is 0 Å². The Morgan fingerprint density at radius 3 is 2.40 bits per heavy atom. The quantitative estimate of drug-likeness (QED) is 0.582. The minimum absolute atomic E-state index is 0.160. The van der Waals surface area contributed by atoms with Crippen LogP contribution in [0.2, 0.25) is 0 Å². The van der Waals surface area contributed by atoms with Crippen LogP contribution in [0, 0.1) is 0 Å². The summed E-state index contributed by atoms with van der Waals surface area (Å²) in [6.45, 7) is 0.0428. The fourth-order valence-electron chi connectivity index (χ4n) is 1.05. The predicted octanol–water partition coefficient (Wildman–Crippen LogP) is 0.758. The summed E-state index contributed by atoms with van der Waals surface area (Å²) >= 11 is 0. The van der Waals surface area contributed by atoms with Crippen LogP contribution in [0.3, 0.4) is 0 Å². The van der Waals surface area contributed by atoms with Crippen molar-refractivity contribution in [1.82, 2.24) is 4.90 Å². The highest BCUT2D eigenvalue weighted by Gasteiger charge is 2.42. The number of alkyl halides is 2. The molecule has 0 saturated carbocycles. The van der Waals surface area contributed by atoms with Gasteiger partial charge in [0.05, 0.1) is 19.7 Å². The molecule has 1 aliphatic heterocycles. The lowest BCUT2D eigenvalue weighted by Crippen LogP contribution is -2.56. The van der Waals surface area contributed by atoms with Gasteiger partial charge in [0.1, 0.15) is 0 Å². The minimum Gasteiger partial charge on any atom is -0.291 e. The number of hydrogen-bond donors (Lipinski definition) is 0. The molecular weight excluding hydrogens is 140 g/mol. The van der Waals surface area contributed by atoms with Crippen LogP contribution in [0.25, 0.3) is 0 Å². The normalized spacial score (nSPS) is 24.3. The van der Waals surface area contributed by atoms with Gasteiger partial charge in [0.2, 0.25) is 0 Å². The van der Waals surface area contributed by atoms with E-state index in [0.717, 1.165) is 0 Å². The van der Waals surface area contributed by atoms with Crippen LogP contribution >= 0.6 is 0 Å². The highest BCUT2D eigenvalue weighted by molar-refractivity contribution is 4.86. The maximum absolute atomic E-state index is 12.1. The molecule has 1 radical (unpaired) electrons. The highest BCUT2D eigenvalue weighted by atomic mass is 19.3. The maximum atomic E-state index is 12.1. The molecule has 2 nitrogen and oxygen atoms in total. The zero-order chi connectivity index (χ0) is 7.61. The van der Waals surface area contributed by atoms with Crippen molar-refractivity contribution in [2.45, 2.75) is 12.3 Å². The second-order valence-corrected chi connectivity index (χ2v) is 2.62. The van der Waals surface area contributed by atoms with Gasteiger partial charge in [0.15, 0.2) is 0 Å². The van der Waals surface area contributed by atoms with Crippen molar-refractivity contribution in [3.05, 3.63) is 0 Å². The van der Waals surface area contributed by atoms with Gasteiger partial charge in [-0.2, -0.15) is 0 Å². The van der Waals surface area contributed by atoms with Crippen molar-refractivity contribution in [2.75, 3.05) is 26.2 Å². The monoisotopic (exact) mass is 150 g/mol. The predicted molar refractivity (Wildman–Crippen MR) is 31.6 cm³/mol. The minimum atomic E-state index is -2.48. The van der Waals surface area contributed by atoms with Crippen LogP contribution in [0.4, 0.5) is 8.78 Å². The first kappa shape index (κ1) is 7.88. The third-order valence-corrected chi connectivity index (χ3v) is 1.53. The van der Waals surface area contributed by atoms with E-state index in [9.17, 15) is 13.9 Å². The Hall–Kier alpha value is -0.220. The molecule has 0 aromatic heterocycles. The molecule has 1 saturated heterocycles. The molecule has 0 atom stereocenters. The zero-order valence-corrected chi connectivity index (χ0v) is 5.65. The van der Waals surface area contributed by atoms with Crippen molar-refractivity contribution in [2.24, 2.45) is 0 Å². The van der Waals surface area contributed by atoms with Crippen LogP contribution in [0.1, 0.15) is 6.42 Å². The van der Waals surface area contributed by atoms with E-state index in [1.165, 1.54) is 0 Å². The van der Waals surface area contributed by atoms with Gasteiger partial charge >= 0.3 is 0 Å². The molecule has 0 aliphatic carbocycles. The lowest BCUT2D eigenvalue weighted by molar-refractivity contribution is -0.131. The summed E-state index contributed by atoms with van der Waals surface area (Å²) in [5.41, 5.74) is 0. The van der Waals surface area contributed by atoms with E-state index in [2.05, 4.69) is 0 Å². The molecule has 0 unspecified atom stereocenters. The molecule has 1 rings (SSSR count). The van der Waals surface area contributed by atoms with Crippen molar-refractivity contribution < 1.29 is 13.9 Å². The van der Waals surface area contributed by atoms with Crippen LogP contribution in [0.5, 0.6) is 0 Å². The van der Waals surface area contributed by atoms with Gasteiger partial charge in [0.25, 0.3) is 5.92 Å². The fourth-order valence-corrected chi connectivity index (χ4v) is 1.05. The van der Waals surface area contributed by atoms with Gasteiger partial charge in [-0.15, -0.1) is 0 Å². The summed E-state index contributed by atoms with van der Waals surface area (Å²) in [6.07, 6.45) is 0.482. The number of likely N-dealkylation sites (tertiary alicyclic amines) is 1. The molecule has 0 bridgehead atoms. The van der Waals surface area contributed by atoms with Crippen molar-refractivity contribution in [3.63, 3.8) is 0 Å². The van der Waals surface area contributed by atoms with Crippen molar-refractivity contribution in [3.8, 4) is 0 Å². The summed E-state index contributed by atoms with van der Waals surface area (Å²) < 4.78 is 24.2. The van der Waals surface area contributed by atoms with Gasteiger partial charge in [-0.05, 0) is 6.42 Å². The Morgan fingerprint density at radius 2 is 2.00 bits per heavy atom. The Balaban J connectivity index is 2.03. The van der Waals surface area contributed by atoms with Crippen molar-refractivity contribution >= 4 is 0 Å². The molecule has 1 fully saturated rings. The Labute approximate surface area is 58.4 Å². The molecular formula is C6H10F2NO. The van der Waals surface area contributed by atoms with Gasteiger partial charge in [0, 0.05) is 6.54 Å². The van der Waals surface area contributed by atoms with E-state index < -0.39 is 5.92 Å². The second-order valence-electron chi connectivity index (χ2n) is 2.62. The highest BCUT2D eigenvalue weighted by Crippen LogP contribution is 2.26. The van der Waals surface area contributed by atoms with Gasteiger partial charge in [-0.3, -0.25) is 4.90 Å². The topological polar surface area (TPSA) is 23.1 Å². The molecule has 0 amide bonds. The summed E-state index contributed by atoms with van der Waals surface area (Å²) in [6, 6.07) is 0. The first-order chi connectivity index (χ1) is 4.64. The fraction of sp³-hybridized carbons (Fsp3) is 1.00. The van der Waals surface area contributed by atoms with Gasteiger partial charge < -0.3 is 0 Å². The first-order valence-electron chi connectivity index (χ1n) is 3.32. The van der Waals surface area contributed by atoms with E-state index in [0.29, 0.717) is 13.0 Å². The largest absolute Gasteiger partial charge is 0.291 e. The number of halogens is 2. The number of hydrogen-bond acceptors (Lipinski definition) is 1. The number of nitrogens with zero attached hydrogens (tertiary/aromatic N) is 1. The van der Waals surface area contributed by atoms with Crippen molar-refractivity contribution in [1.29, 1.82) is 0 Å². The first-order valence-corrected chi connectivity index (χ1v) is 3.32. The van der Waals surface area contributed by atoms with Gasteiger partial charge in [-0.25, -0.2) is 13.9 Å². The maximum Gasteiger partial charge on any atom is 0.272 e. The third-order valence-electron chi connectivity index (χ3n) is 1.53. The van der Waals surface area contributed by atoms with E-state index in [1.54, 1.807) is 4.90 Å². The van der Waals surface area contributed by atoms with Crippen LogP contribution in [0.15, 0.2) is 0 Å². The summed E-state index contributed by atoms with van der Waals surface area (Å²) in [5, 5.41) is 9.92. The summed E-state index contributed by atoms with van der Waals surface area (Å²) in [7, 11) is 0. The van der Waals surface area contributed by atoms with E-state index >= 15 is 0 Å². The Kier molecular flexibility index (Phi) is 2.21. The molecule has 4 heteroatoms. The molecule has 0 N–H and O–H groups in total. The summed E-state index contributed by atoms with van der Waals surface area (Å²) in [4.78, 5) is 1.60. The van der Waals surface area contributed by atoms with Crippen LogP contribution in [-0.4, -0.2) is 37.1 Å². The third kappa shape index (κ3) is 1.88. The lowest BCUT2D eigenvalue weighted by atomic mass is 10.1. The SMILES string of the molecule is [O]CCCN1CC(F)(F)C1. The molecule has 1 aliphatic rings.